The van der Waals surface area contributed by atoms with Gasteiger partial charge in [-0.1, -0.05) is 24.3 Å². The molecule has 0 saturated carbocycles. The number of ether oxygens (including phenoxy) is 1. The average molecular weight is 390 g/mol. The Morgan fingerprint density at radius 1 is 1.19 bits per heavy atom. The molecule has 0 bridgehead atoms. The van der Waals surface area contributed by atoms with Crippen molar-refractivity contribution >= 4 is 29.3 Å². The Hall–Kier alpha value is -2.54. The van der Waals surface area contributed by atoms with Gasteiger partial charge in [-0.3, -0.25) is 9.59 Å². The first-order valence-electron chi connectivity index (χ1n) is 8.52. The maximum Gasteiger partial charge on any atom is 0.258 e. The van der Waals surface area contributed by atoms with Gasteiger partial charge in [0, 0.05) is 0 Å². The van der Waals surface area contributed by atoms with Gasteiger partial charge < -0.3 is 15.4 Å². The molecule has 2 aromatic rings. The van der Waals surface area contributed by atoms with Gasteiger partial charge in [-0.25, -0.2) is 4.39 Å². The van der Waals surface area contributed by atoms with Gasteiger partial charge in [-0.05, 0) is 55.2 Å². The molecule has 5 nitrogen and oxygen atoms in total. The van der Waals surface area contributed by atoms with E-state index in [1.54, 1.807) is 49.0 Å². The predicted molar refractivity (Wildman–Crippen MR) is 107 cm³/mol. The van der Waals surface area contributed by atoms with Crippen molar-refractivity contribution in [3.63, 3.8) is 0 Å². The third kappa shape index (κ3) is 6.94. The van der Waals surface area contributed by atoms with Crippen LogP contribution in [0.15, 0.2) is 48.5 Å². The summed E-state index contributed by atoms with van der Waals surface area (Å²) in [4.78, 5) is 24.7. The van der Waals surface area contributed by atoms with Gasteiger partial charge in [-0.2, -0.15) is 11.8 Å². The molecule has 1 atom stereocenters. The van der Waals surface area contributed by atoms with Crippen molar-refractivity contribution < 1.29 is 18.7 Å². The number of aryl methyl sites for hydroxylation is 1. The van der Waals surface area contributed by atoms with Crippen LogP contribution in [0, 0.1) is 12.7 Å². The molecular formula is C20H23FN2O3S. The van der Waals surface area contributed by atoms with Gasteiger partial charge in [0.25, 0.3) is 5.91 Å². The Balaban J connectivity index is 1.96. The minimum atomic E-state index is -0.773. The average Bonchev–Trinajstić information content (AvgIpc) is 2.66. The highest BCUT2D eigenvalue weighted by atomic mass is 32.2. The summed E-state index contributed by atoms with van der Waals surface area (Å²) in [7, 11) is 0. The van der Waals surface area contributed by atoms with Crippen LogP contribution in [-0.2, 0) is 9.59 Å². The van der Waals surface area contributed by atoms with Crippen LogP contribution in [-0.4, -0.2) is 36.5 Å². The number of hydrogen-bond donors (Lipinski definition) is 2. The molecule has 2 aromatic carbocycles. The summed E-state index contributed by atoms with van der Waals surface area (Å²) in [6, 6.07) is 12.7. The molecule has 0 aliphatic rings. The number of rotatable bonds is 9. The Labute approximate surface area is 162 Å². The highest BCUT2D eigenvalue weighted by Crippen LogP contribution is 2.16. The number of thioether (sulfide) groups is 1. The molecule has 0 radical (unpaired) electrons. The molecule has 2 amide bonds. The molecule has 1 unspecified atom stereocenters. The lowest BCUT2D eigenvalue weighted by atomic mass is 10.1. The lowest BCUT2D eigenvalue weighted by molar-refractivity contribution is -0.127. The molecule has 2 N–H and O–H groups in total. The van der Waals surface area contributed by atoms with Crippen LogP contribution >= 0.6 is 11.8 Å². The summed E-state index contributed by atoms with van der Waals surface area (Å²) in [6.07, 6.45) is 2.34. The molecule has 0 aliphatic carbocycles. The number of halogens is 1. The van der Waals surface area contributed by atoms with E-state index < -0.39 is 23.7 Å². The number of amides is 2. The number of anilines is 1. The van der Waals surface area contributed by atoms with E-state index in [1.165, 1.54) is 12.1 Å². The fraction of sp³-hybridized carbons (Fsp3) is 0.300. The Morgan fingerprint density at radius 3 is 2.59 bits per heavy atom. The minimum absolute atomic E-state index is 0.0922. The lowest BCUT2D eigenvalue weighted by Gasteiger charge is -2.18. The molecule has 0 fully saturated rings. The predicted octanol–water partition coefficient (Wildman–Crippen LogP) is 3.39. The molecule has 27 heavy (non-hydrogen) atoms. The maximum atomic E-state index is 14.0. The van der Waals surface area contributed by atoms with Crippen LogP contribution < -0.4 is 15.4 Å². The number of hydrogen-bond acceptors (Lipinski definition) is 4. The zero-order valence-corrected chi connectivity index (χ0v) is 16.1. The second-order valence-electron chi connectivity index (χ2n) is 5.98. The van der Waals surface area contributed by atoms with E-state index in [-0.39, 0.29) is 12.3 Å². The van der Waals surface area contributed by atoms with Gasteiger partial charge >= 0.3 is 0 Å². The van der Waals surface area contributed by atoms with Crippen molar-refractivity contribution in [3.8, 4) is 5.75 Å². The van der Waals surface area contributed by atoms with Crippen molar-refractivity contribution in [2.24, 2.45) is 0 Å². The summed E-state index contributed by atoms with van der Waals surface area (Å²) in [5.74, 6) is -0.136. The first-order valence-corrected chi connectivity index (χ1v) is 9.92. The van der Waals surface area contributed by atoms with Crippen molar-refractivity contribution in [3.05, 3.63) is 59.9 Å². The SMILES string of the molecule is CSCCC(NC(=O)COc1ccccc1)C(=O)Nc1ccc(C)cc1F. The van der Waals surface area contributed by atoms with Crippen molar-refractivity contribution in [2.45, 2.75) is 19.4 Å². The summed E-state index contributed by atoms with van der Waals surface area (Å²) < 4.78 is 19.4. The van der Waals surface area contributed by atoms with E-state index in [1.807, 2.05) is 12.3 Å². The molecular weight excluding hydrogens is 367 g/mol. The van der Waals surface area contributed by atoms with Crippen molar-refractivity contribution in [2.75, 3.05) is 23.9 Å². The van der Waals surface area contributed by atoms with E-state index in [9.17, 15) is 14.0 Å². The van der Waals surface area contributed by atoms with E-state index >= 15 is 0 Å². The third-order valence-electron chi connectivity index (χ3n) is 3.76. The molecule has 0 aromatic heterocycles. The molecule has 0 saturated heterocycles. The number of para-hydroxylation sites is 1. The largest absolute Gasteiger partial charge is 0.484 e. The highest BCUT2D eigenvalue weighted by Gasteiger charge is 2.21. The van der Waals surface area contributed by atoms with Crippen LogP contribution in [0.2, 0.25) is 0 Å². The Morgan fingerprint density at radius 2 is 1.93 bits per heavy atom. The van der Waals surface area contributed by atoms with E-state index in [0.717, 1.165) is 5.56 Å². The third-order valence-corrected chi connectivity index (χ3v) is 4.40. The number of carbonyl (C=O) groups is 2. The fourth-order valence-electron chi connectivity index (χ4n) is 2.35. The van der Waals surface area contributed by atoms with Crippen molar-refractivity contribution in [1.82, 2.24) is 5.32 Å². The molecule has 0 spiro atoms. The minimum Gasteiger partial charge on any atom is -0.484 e. The summed E-state index contributed by atoms with van der Waals surface area (Å²) in [5.41, 5.74) is 0.852. The zero-order chi connectivity index (χ0) is 19.6. The molecule has 0 heterocycles. The Kier molecular flexibility index (Phi) is 8.13. The zero-order valence-electron chi connectivity index (χ0n) is 15.3. The lowest BCUT2D eigenvalue weighted by Crippen LogP contribution is -2.46. The van der Waals surface area contributed by atoms with Crippen molar-refractivity contribution in [1.29, 1.82) is 0 Å². The molecule has 144 valence electrons. The highest BCUT2D eigenvalue weighted by molar-refractivity contribution is 7.98. The standard InChI is InChI=1S/C20H23FN2O3S/c1-14-8-9-17(16(21)12-14)23-20(25)18(10-11-27-2)22-19(24)13-26-15-6-4-3-5-7-15/h3-9,12,18H,10-11,13H2,1-2H3,(H,22,24)(H,23,25). The summed E-state index contributed by atoms with van der Waals surface area (Å²) in [5, 5.41) is 5.21. The van der Waals surface area contributed by atoms with Gasteiger partial charge in [0.15, 0.2) is 6.61 Å². The normalized spacial score (nSPS) is 11.5. The smallest absolute Gasteiger partial charge is 0.258 e. The van der Waals surface area contributed by atoms with Crippen LogP contribution in [0.3, 0.4) is 0 Å². The molecule has 7 heteroatoms. The first kappa shape index (κ1) is 20.8. The monoisotopic (exact) mass is 390 g/mol. The quantitative estimate of drug-likeness (QED) is 0.689. The van der Waals surface area contributed by atoms with Crippen LogP contribution in [0.4, 0.5) is 10.1 Å². The van der Waals surface area contributed by atoms with E-state index in [0.29, 0.717) is 17.9 Å². The topological polar surface area (TPSA) is 67.4 Å². The van der Waals surface area contributed by atoms with Gasteiger partial charge in [0.05, 0.1) is 5.69 Å². The van der Waals surface area contributed by atoms with Crippen LogP contribution in [0.5, 0.6) is 5.75 Å². The molecule has 0 aliphatic heterocycles. The number of carbonyl (C=O) groups excluding carboxylic acids is 2. The number of benzene rings is 2. The van der Waals surface area contributed by atoms with Crippen LogP contribution in [0.25, 0.3) is 0 Å². The second kappa shape index (κ2) is 10.6. The number of nitrogens with one attached hydrogen (secondary N) is 2. The van der Waals surface area contributed by atoms with Gasteiger partial charge in [0.1, 0.15) is 17.6 Å². The summed E-state index contributed by atoms with van der Waals surface area (Å²) in [6.45, 7) is 1.56. The van der Waals surface area contributed by atoms with E-state index in [2.05, 4.69) is 10.6 Å². The van der Waals surface area contributed by atoms with Gasteiger partial charge in [0.2, 0.25) is 5.91 Å². The first-order chi connectivity index (χ1) is 13.0. The molecule has 2 rings (SSSR count). The fourth-order valence-corrected chi connectivity index (χ4v) is 2.82. The maximum absolute atomic E-state index is 14.0. The van der Waals surface area contributed by atoms with Crippen LogP contribution in [0.1, 0.15) is 12.0 Å². The van der Waals surface area contributed by atoms with E-state index in [4.69, 9.17) is 4.74 Å². The second-order valence-corrected chi connectivity index (χ2v) is 6.96. The van der Waals surface area contributed by atoms with Gasteiger partial charge in [-0.15, -0.1) is 0 Å². The summed E-state index contributed by atoms with van der Waals surface area (Å²) >= 11 is 1.56. The Bertz CT molecular complexity index is 771.